The lowest BCUT2D eigenvalue weighted by Crippen LogP contribution is -2.38. The molecule has 0 radical (unpaired) electrons. The Hall–Kier alpha value is -10.2. The van der Waals surface area contributed by atoms with Gasteiger partial charge in [-0.3, -0.25) is 29.4 Å². The predicted molar refractivity (Wildman–Crippen MR) is 465 cm³/mol. The molecule has 588 valence electrons. The highest BCUT2D eigenvalue weighted by Crippen LogP contribution is 2.38. The van der Waals surface area contributed by atoms with Crippen molar-refractivity contribution in [3.63, 3.8) is 0 Å². The maximum Gasteiger partial charge on any atom is 0.160 e. The molecule has 0 spiro atoms. The molecule has 12 heterocycles. The molecule has 28 heteroatoms. The molecule has 0 unspecified atom stereocenters. The number of pyridine rings is 9. The number of fused-ring (bicyclic) bond motifs is 3. The van der Waals surface area contributed by atoms with Crippen molar-refractivity contribution in [3.05, 3.63) is 242 Å². The third-order valence-corrected chi connectivity index (χ3v) is 31.1. The summed E-state index contributed by atoms with van der Waals surface area (Å²) in [4.78, 5) is 47.3. The maximum atomic E-state index is 14.7. The van der Waals surface area contributed by atoms with Crippen molar-refractivity contribution in [3.8, 4) is 102 Å². The summed E-state index contributed by atoms with van der Waals surface area (Å²) in [5, 5.41) is 16.1. The first kappa shape index (κ1) is 85.7. The minimum absolute atomic E-state index is 0.314. The number of halogens is 7. The number of ether oxygens (including phenoxy) is 2. The third kappa shape index (κ3) is 22.7. The van der Waals surface area contributed by atoms with Crippen LogP contribution in [0.5, 0.6) is 0 Å². The lowest BCUT2D eigenvalue weighted by atomic mass is 9.99. The molecule has 115 heavy (non-hydrogen) atoms. The van der Waals surface area contributed by atoms with Gasteiger partial charge in [0.25, 0.3) is 0 Å². The summed E-state index contributed by atoms with van der Waals surface area (Å²) in [5.41, 5.74) is 26.3. The van der Waals surface area contributed by atoms with Gasteiger partial charge in [0.1, 0.15) is 39.3 Å². The Balaban J connectivity index is 0.000000153. The van der Waals surface area contributed by atoms with Crippen LogP contribution in [0.25, 0.3) is 122 Å². The molecule has 2 aliphatic rings. The van der Waals surface area contributed by atoms with Crippen LogP contribution in [0, 0.1) is 40.9 Å². The summed E-state index contributed by atoms with van der Waals surface area (Å²) < 4.78 is 56.9. The number of azide groups is 1. The molecule has 2 fully saturated rings. The molecule has 0 aliphatic carbocycles. The Bertz CT molecular complexity index is 5660. The SMILES string of the molecule is C#C[Si](CC)(CC)CC.CC[Si](C#Cc1cncc(-c2cc(-c3cc(Cl)ccc3F)nc3ncccc23)c1)(CC)CC.Fc1ccc(Cl)cc1-c1cc(-c2cncc(-c3cn(CCN4CCOCC4)nn3)c2)c2cccnc2n1.Fc1ccc(Cl)cc1-c1cc(-c2cncc(Br)c2)c2cccnc2n1.[N-]=[N+]=NCCN1CCOCC1. The number of rotatable bonds is 19. The molecule has 0 N–H and O–H groups in total. The molecule has 0 atom stereocenters. The molecule has 0 saturated carbocycles. The fraction of sp³-hybridized carbons (Fsp3) is 0.276. The maximum absolute atomic E-state index is 14.7. The van der Waals surface area contributed by atoms with Gasteiger partial charge >= 0.3 is 0 Å². The minimum Gasteiger partial charge on any atom is -0.379 e. The number of nitrogens with zero attached hydrogens (tertiary/aromatic N) is 17. The third-order valence-electron chi connectivity index (χ3n) is 20.6. The summed E-state index contributed by atoms with van der Waals surface area (Å²) >= 11 is 21.8. The highest BCUT2D eigenvalue weighted by atomic mass is 79.9. The molecule has 3 aromatic carbocycles. The van der Waals surface area contributed by atoms with Crippen LogP contribution < -0.4 is 0 Å². The second-order valence-electron chi connectivity index (χ2n) is 27.3. The van der Waals surface area contributed by atoms with Gasteiger partial charge < -0.3 is 9.47 Å². The topological polar surface area (TPSA) is 220 Å². The van der Waals surface area contributed by atoms with Crippen LogP contribution in [0.2, 0.25) is 51.3 Å². The first-order valence-electron chi connectivity index (χ1n) is 38.1. The van der Waals surface area contributed by atoms with Crippen LogP contribution in [-0.2, 0) is 16.0 Å². The van der Waals surface area contributed by atoms with E-state index < -0.39 is 22.0 Å². The molecule has 0 bridgehead atoms. The number of morpholine rings is 2. The summed E-state index contributed by atoms with van der Waals surface area (Å²) in [5.74, 6) is 2.23. The van der Waals surface area contributed by atoms with E-state index in [1.807, 2.05) is 83.7 Å². The molecule has 15 rings (SSSR count). The van der Waals surface area contributed by atoms with E-state index in [0.29, 0.717) is 72.3 Å². The van der Waals surface area contributed by atoms with Crippen LogP contribution in [0.15, 0.2) is 199 Å². The summed E-state index contributed by atoms with van der Waals surface area (Å²) in [7, 11) is -2.73. The minimum atomic E-state index is -1.57. The zero-order valence-electron chi connectivity index (χ0n) is 64.8. The van der Waals surface area contributed by atoms with Crippen molar-refractivity contribution in [1.29, 1.82) is 0 Å². The van der Waals surface area contributed by atoms with Crippen LogP contribution in [-0.4, -0.2) is 158 Å². The molecular weight excluding hydrogens is 1610 g/mol. The average molecular weight is 1700 g/mol. The van der Waals surface area contributed by atoms with Gasteiger partial charge in [0.05, 0.1) is 56.3 Å². The normalized spacial score (nSPS) is 12.9. The van der Waals surface area contributed by atoms with E-state index in [4.69, 9.17) is 56.2 Å². The standard InChI is InChI=1S/C27H23ClFN7O.C27H25ClFN3Si.C19H10BrClFN3.C8H16Si.C6H12N4O/c28-20-3-4-24(29)23(13-20)25-14-22(21-2-1-5-31-27(21)32-25)18-12-19(16-30-15-18)26-17-36(34-33-26)7-6-35-8-10-37-11-9-35;1-4-33(5-2,6-3)13-11-19-14-20(18-30-17-19)23-16-26(24-15-21(28)9-10-25(24)29)32-27-22(23)8-7-12-31-27;20-12-6-11(9-23-10-12)15-8-18(16-7-13(21)3-4-17(16)22)25-19-14(15)2-1-5-24-19;1-5-9(6-2,7-3)8-4;7-9-8-1-2-10-3-5-11-6-4-10/h1-5,12-17H,6-11H2;7-10,12,14-18H,4-6H2,1-3H3;1-10H;1H,6-8H2,2-4H3;1-6H2. The summed E-state index contributed by atoms with van der Waals surface area (Å²) in [6.07, 6.45) is 23.0. The zero-order chi connectivity index (χ0) is 81.3. The smallest absolute Gasteiger partial charge is 0.160 e. The van der Waals surface area contributed by atoms with Gasteiger partial charge in [-0.05, 0) is 202 Å². The van der Waals surface area contributed by atoms with Crippen LogP contribution in [0.3, 0.4) is 0 Å². The van der Waals surface area contributed by atoms with Crippen molar-refractivity contribution in [1.82, 2.24) is 69.6 Å². The molecule has 2 aliphatic heterocycles. The van der Waals surface area contributed by atoms with E-state index in [2.05, 4.69) is 149 Å². The molecule has 10 aromatic heterocycles. The lowest BCUT2D eigenvalue weighted by molar-refractivity contribution is 0.0359. The number of hydrogen-bond acceptors (Lipinski definition) is 16. The quantitative estimate of drug-likeness (QED) is 0.0241. The van der Waals surface area contributed by atoms with Crippen molar-refractivity contribution in [2.45, 2.75) is 84.4 Å². The van der Waals surface area contributed by atoms with Crippen molar-refractivity contribution >= 4 is 100.0 Å². The molecule has 19 nitrogen and oxygen atoms in total. The Morgan fingerprint density at radius 2 is 0.913 bits per heavy atom. The average Bonchev–Trinajstić information content (AvgIpc) is 1.12. The van der Waals surface area contributed by atoms with Gasteiger partial charge in [-0.1, -0.05) is 92.6 Å². The van der Waals surface area contributed by atoms with Crippen molar-refractivity contribution in [2.24, 2.45) is 5.11 Å². The highest BCUT2D eigenvalue weighted by molar-refractivity contribution is 9.10. The summed E-state index contributed by atoms with van der Waals surface area (Å²) in [6.45, 7) is 23.4. The first-order valence-corrected chi connectivity index (χ1v) is 45.3. The van der Waals surface area contributed by atoms with E-state index in [1.54, 1.807) is 74.0 Å². The van der Waals surface area contributed by atoms with E-state index in [-0.39, 0.29) is 11.6 Å². The second kappa shape index (κ2) is 41.9. The molecule has 2 saturated heterocycles. The van der Waals surface area contributed by atoms with E-state index in [0.717, 1.165) is 161 Å². The van der Waals surface area contributed by atoms with Gasteiger partial charge in [-0.2, -0.15) is 0 Å². The Kier molecular flexibility index (Phi) is 31.2. The fourth-order valence-electron chi connectivity index (χ4n) is 13.3. The molecular formula is C87H86BrCl3F3N17O2Si2. The fourth-order valence-corrected chi connectivity index (χ4v) is 18.7. The van der Waals surface area contributed by atoms with E-state index in [9.17, 15) is 13.2 Å². The van der Waals surface area contributed by atoms with Crippen LogP contribution in [0.1, 0.15) is 47.1 Å². The van der Waals surface area contributed by atoms with Gasteiger partial charge in [0.15, 0.2) is 16.9 Å². The van der Waals surface area contributed by atoms with Gasteiger partial charge in [-0.15, -0.1) is 22.6 Å². The van der Waals surface area contributed by atoms with Crippen molar-refractivity contribution < 1.29 is 22.6 Å². The number of terminal acetylenes is 1. The van der Waals surface area contributed by atoms with Crippen LogP contribution in [0.4, 0.5) is 13.2 Å². The Morgan fingerprint density at radius 1 is 0.496 bits per heavy atom. The van der Waals surface area contributed by atoms with Crippen molar-refractivity contribution in [2.75, 3.05) is 72.2 Å². The van der Waals surface area contributed by atoms with E-state index in [1.165, 1.54) is 54.5 Å². The Labute approximate surface area is 693 Å². The van der Waals surface area contributed by atoms with E-state index >= 15 is 0 Å². The highest BCUT2D eigenvalue weighted by Gasteiger charge is 2.26. The van der Waals surface area contributed by atoms with Gasteiger partial charge in [0, 0.05) is 187 Å². The van der Waals surface area contributed by atoms with Crippen LogP contribution >= 0.6 is 50.7 Å². The zero-order valence-corrected chi connectivity index (χ0v) is 70.6. The predicted octanol–water partition coefficient (Wildman–Crippen LogP) is 21.5. The number of hydrogen-bond donors (Lipinski definition) is 0. The molecule has 0 amide bonds. The second-order valence-corrected chi connectivity index (χ2v) is 39.4. The lowest BCUT2D eigenvalue weighted by Gasteiger charge is -2.26. The Morgan fingerprint density at radius 3 is 1.34 bits per heavy atom. The van der Waals surface area contributed by atoms with Gasteiger partial charge in [0.2, 0.25) is 0 Å². The summed E-state index contributed by atoms with van der Waals surface area (Å²) in [6, 6.07) is 43.4. The van der Waals surface area contributed by atoms with Gasteiger partial charge in [-0.25, -0.2) is 43.1 Å². The number of benzene rings is 3. The first-order chi connectivity index (χ1) is 55.9. The largest absolute Gasteiger partial charge is 0.379 e. The molecule has 13 aromatic rings. The monoisotopic (exact) mass is 1700 g/mol. The number of aromatic nitrogens is 12.